The van der Waals surface area contributed by atoms with Crippen LogP contribution in [-0.2, 0) is 0 Å². The maximum atomic E-state index is 11.7. The highest BCUT2D eigenvalue weighted by Gasteiger charge is 2.24. The van der Waals surface area contributed by atoms with E-state index < -0.39 is 4.92 Å². The zero-order chi connectivity index (χ0) is 19.7. The first kappa shape index (κ1) is 18.1. The molecule has 0 saturated heterocycles. The number of hydrogen-bond donors (Lipinski definition) is 2. The highest BCUT2D eigenvalue weighted by atomic mass is 35.5. The predicted molar refractivity (Wildman–Crippen MR) is 104 cm³/mol. The van der Waals surface area contributed by atoms with Crippen LogP contribution in [-0.4, -0.2) is 21.7 Å². The number of hydrogen-bond acceptors (Lipinski definition) is 8. The number of nitrogens with zero attached hydrogens (tertiary/aromatic N) is 3. The number of anilines is 4. The van der Waals surface area contributed by atoms with Crippen LogP contribution >= 0.6 is 23.2 Å². The number of nitrogens with one attached hydrogen (secondary N) is 2. The zero-order valence-corrected chi connectivity index (χ0v) is 15.5. The second kappa shape index (κ2) is 7.37. The molecule has 0 unspecified atom stereocenters. The topological polar surface area (TPSA) is 111 Å². The van der Waals surface area contributed by atoms with E-state index in [1.54, 1.807) is 36.4 Å². The summed E-state index contributed by atoms with van der Waals surface area (Å²) in [4.78, 5) is 19.1. The van der Waals surface area contributed by atoms with Gasteiger partial charge in [0.1, 0.15) is 6.33 Å². The second-order valence-corrected chi connectivity index (χ2v) is 6.46. The van der Waals surface area contributed by atoms with Gasteiger partial charge in [0.25, 0.3) is 0 Å². The molecule has 1 aromatic heterocycles. The van der Waals surface area contributed by atoms with Gasteiger partial charge in [-0.05, 0) is 30.3 Å². The van der Waals surface area contributed by atoms with E-state index in [2.05, 4.69) is 20.6 Å². The Balaban J connectivity index is 1.69. The van der Waals surface area contributed by atoms with E-state index in [0.717, 1.165) is 0 Å². The Hall–Kier alpha value is -3.30. The molecule has 0 fully saturated rings. The molecule has 3 aromatic rings. The molecule has 0 atom stereocenters. The van der Waals surface area contributed by atoms with Crippen molar-refractivity contribution in [3.05, 3.63) is 62.9 Å². The highest BCUT2D eigenvalue weighted by molar-refractivity contribution is 6.35. The van der Waals surface area contributed by atoms with Gasteiger partial charge in [-0.25, -0.2) is 9.97 Å². The Morgan fingerprint density at radius 3 is 2.54 bits per heavy atom. The first-order valence-electron chi connectivity index (χ1n) is 7.89. The maximum absolute atomic E-state index is 11.7. The fraction of sp³-hybridized carbons (Fsp3) is 0.0588. The van der Waals surface area contributed by atoms with Crippen molar-refractivity contribution in [2.45, 2.75) is 0 Å². The lowest BCUT2D eigenvalue weighted by atomic mass is 10.2. The molecule has 2 heterocycles. The zero-order valence-electron chi connectivity index (χ0n) is 14.0. The van der Waals surface area contributed by atoms with Crippen LogP contribution in [0.2, 0.25) is 10.0 Å². The van der Waals surface area contributed by atoms with Crippen LogP contribution in [0.4, 0.5) is 28.7 Å². The van der Waals surface area contributed by atoms with Gasteiger partial charge in [-0.15, -0.1) is 0 Å². The van der Waals surface area contributed by atoms with Crippen LogP contribution in [0.1, 0.15) is 0 Å². The van der Waals surface area contributed by atoms with E-state index in [9.17, 15) is 10.1 Å². The van der Waals surface area contributed by atoms with Gasteiger partial charge in [-0.2, -0.15) is 0 Å². The average molecular weight is 420 g/mol. The number of benzene rings is 2. The Bertz CT molecular complexity index is 1080. The highest BCUT2D eigenvalue weighted by Crippen LogP contribution is 2.38. The molecule has 2 aromatic carbocycles. The Morgan fingerprint density at radius 1 is 1.00 bits per heavy atom. The number of fused-ring (bicyclic) bond motifs is 1. The molecule has 28 heavy (non-hydrogen) atoms. The first-order chi connectivity index (χ1) is 13.5. The van der Waals surface area contributed by atoms with E-state index in [4.69, 9.17) is 32.7 Å². The van der Waals surface area contributed by atoms with Gasteiger partial charge < -0.3 is 20.1 Å². The minimum Gasteiger partial charge on any atom is -0.454 e. The third-order valence-corrected chi connectivity index (χ3v) is 4.39. The van der Waals surface area contributed by atoms with Gasteiger partial charge in [-0.1, -0.05) is 23.2 Å². The smallest absolute Gasteiger partial charge is 0.353 e. The molecular formula is C17H11Cl2N5O4. The summed E-state index contributed by atoms with van der Waals surface area (Å²) in [6.45, 7) is 0.126. The minimum atomic E-state index is -0.587. The van der Waals surface area contributed by atoms with Gasteiger partial charge in [0, 0.05) is 16.8 Å². The largest absolute Gasteiger partial charge is 0.454 e. The molecule has 4 rings (SSSR count). The van der Waals surface area contributed by atoms with Crippen molar-refractivity contribution < 1.29 is 14.4 Å². The summed E-state index contributed by atoms with van der Waals surface area (Å²) in [5, 5.41) is 18.2. The second-order valence-electron chi connectivity index (χ2n) is 5.62. The molecule has 1 aliphatic heterocycles. The van der Waals surface area contributed by atoms with Gasteiger partial charge in [0.2, 0.25) is 18.4 Å². The number of aromatic nitrogens is 2. The minimum absolute atomic E-state index is 0.000448. The standard InChI is InChI=1S/C17H11Cl2N5O4/c18-9-1-3-11(19)12(5-9)23-17-15(24(25)26)16(20-7-21-17)22-10-2-4-13-14(6-10)28-8-27-13/h1-7H,8H2,(H2,20,21,22,23). The summed E-state index contributed by atoms with van der Waals surface area (Å²) >= 11 is 12.1. The van der Waals surface area contributed by atoms with Crippen LogP contribution < -0.4 is 20.1 Å². The molecule has 2 N–H and O–H groups in total. The molecule has 0 aliphatic carbocycles. The van der Waals surface area contributed by atoms with E-state index in [-0.39, 0.29) is 24.1 Å². The third-order valence-electron chi connectivity index (χ3n) is 3.82. The molecule has 0 bridgehead atoms. The van der Waals surface area contributed by atoms with Crippen LogP contribution in [0.5, 0.6) is 11.5 Å². The van der Waals surface area contributed by atoms with E-state index in [1.165, 1.54) is 6.33 Å². The fourth-order valence-electron chi connectivity index (χ4n) is 2.57. The molecular weight excluding hydrogens is 409 g/mol. The predicted octanol–water partition coefficient (Wildman–Crippen LogP) is 4.91. The van der Waals surface area contributed by atoms with Gasteiger partial charge in [0.15, 0.2) is 11.5 Å². The molecule has 9 nitrogen and oxygen atoms in total. The quantitative estimate of drug-likeness (QED) is 0.443. The fourth-order valence-corrected chi connectivity index (χ4v) is 2.90. The number of nitro groups is 1. The lowest BCUT2D eigenvalue weighted by Crippen LogP contribution is -2.05. The third kappa shape index (κ3) is 3.57. The van der Waals surface area contributed by atoms with Crippen LogP contribution in [0.15, 0.2) is 42.7 Å². The van der Waals surface area contributed by atoms with E-state index in [0.29, 0.717) is 32.9 Å². The SMILES string of the molecule is O=[N+]([O-])c1c(Nc2ccc3c(c2)OCO3)ncnc1Nc1cc(Cl)ccc1Cl. The van der Waals surface area contributed by atoms with Crippen molar-refractivity contribution in [1.29, 1.82) is 0 Å². The number of rotatable bonds is 5. The average Bonchev–Trinajstić information content (AvgIpc) is 3.12. The normalized spacial score (nSPS) is 11.9. The number of halogens is 2. The Labute approximate surface area is 168 Å². The maximum Gasteiger partial charge on any atom is 0.353 e. The van der Waals surface area contributed by atoms with Crippen molar-refractivity contribution >= 4 is 51.9 Å². The molecule has 1 aliphatic rings. The lowest BCUT2D eigenvalue weighted by molar-refractivity contribution is -0.383. The van der Waals surface area contributed by atoms with E-state index >= 15 is 0 Å². The summed E-state index contributed by atoms with van der Waals surface area (Å²) in [5.74, 6) is 1.10. The summed E-state index contributed by atoms with van der Waals surface area (Å²) in [6.07, 6.45) is 1.20. The molecule has 142 valence electrons. The van der Waals surface area contributed by atoms with Crippen molar-refractivity contribution in [3.63, 3.8) is 0 Å². The monoisotopic (exact) mass is 419 g/mol. The van der Waals surface area contributed by atoms with E-state index in [1.807, 2.05) is 0 Å². The van der Waals surface area contributed by atoms with Crippen LogP contribution in [0, 0.1) is 10.1 Å². The molecule has 0 radical (unpaired) electrons. The number of ether oxygens (including phenoxy) is 2. The van der Waals surface area contributed by atoms with Crippen LogP contribution in [0.3, 0.4) is 0 Å². The van der Waals surface area contributed by atoms with Crippen molar-refractivity contribution in [2.24, 2.45) is 0 Å². The van der Waals surface area contributed by atoms with Crippen molar-refractivity contribution in [3.8, 4) is 11.5 Å². The molecule has 11 heteroatoms. The van der Waals surface area contributed by atoms with Gasteiger partial charge in [0.05, 0.1) is 15.6 Å². The Kier molecular flexibility index (Phi) is 4.76. The molecule has 0 saturated carbocycles. The van der Waals surface area contributed by atoms with Crippen molar-refractivity contribution in [2.75, 3.05) is 17.4 Å². The summed E-state index contributed by atoms with van der Waals surface area (Å²) in [5.41, 5.74) is 0.569. The first-order valence-corrected chi connectivity index (χ1v) is 8.65. The summed E-state index contributed by atoms with van der Waals surface area (Å²) < 4.78 is 10.6. The van der Waals surface area contributed by atoms with Crippen LogP contribution in [0.25, 0.3) is 0 Å². The van der Waals surface area contributed by atoms with Crippen molar-refractivity contribution in [1.82, 2.24) is 9.97 Å². The molecule has 0 amide bonds. The van der Waals surface area contributed by atoms with Gasteiger partial charge >= 0.3 is 5.69 Å². The molecule has 0 spiro atoms. The summed E-state index contributed by atoms with van der Waals surface area (Å²) in [7, 11) is 0. The summed E-state index contributed by atoms with van der Waals surface area (Å²) in [6, 6.07) is 9.78. The lowest BCUT2D eigenvalue weighted by Gasteiger charge is -2.11. The Morgan fingerprint density at radius 2 is 1.75 bits per heavy atom. The van der Waals surface area contributed by atoms with Gasteiger partial charge in [-0.3, -0.25) is 10.1 Å².